The Hall–Kier alpha value is -0.610. The number of aliphatic hydroxyl groups is 1. The van der Waals surface area contributed by atoms with Gasteiger partial charge in [0.2, 0.25) is 5.91 Å². The predicted octanol–water partition coefficient (Wildman–Crippen LogP) is -0.180. The van der Waals surface area contributed by atoms with Crippen molar-refractivity contribution in [3.8, 4) is 0 Å². The Bertz CT molecular complexity index is 172. The van der Waals surface area contributed by atoms with Crippen LogP contribution in [0.25, 0.3) is 0 Å². The molecule has 1 aliphatic heterocycles. The molecule has 1 fully saturated rings. The number of carbonyl (C=O) groups is 1. The van der Waals surface area contributed by atoms with Gasteiger partial charge in [0.05, 0.1) is 6.61 Å². The summed E-state index contributed by atoms with van der Waals surface area (Å²) < 4.78 is 4.83. The number of amides is 1. The molecule has 1 N–H and O–H groups in total. The van der Waals surface area contributed by atoms with Gasteiger partial charge in [0, 0.05) is 26.0 Å². The van der Waals surface area contributed by atoms with E-state index >= 15 is 0 Å². The van der Waals surface area contributed by atoms with Gasteiger partial charge in [-0.3, -0.25) is 4.79 Å². The van der Waals surface area contributed by atoms with Crippen molar-refractivity contribution in [2.24, 2.45) is 5.92 Å². The zero-order chi connectivity index (χ0) is 9.14. The van der Waals surface area contributed by atoms with Crippen LogP contribution in [0.2, 0.25) is 0 Å². The van der Waals surface area contributed by atoms with E-state index in [1.807, 2.05) is 6.92 Å². The molecule has 0 aromatic heterocycles. The summed E-state index contributed by atoms with van der Waals surface area (Å²) >= 11 is 0. The fourth-order valence-electron chi connectivity index (χ4n) is 1.42. The van der Waals surface area contributed by atoms with E-state index in [0.717, 1.165) is 0 Å². The molecule has 2 unspecified atom stereocenters. The van der Waals surface area contributed by atoms with Gasteiger partial charge in [-0.25, -0.2) is 0 Å². The first-order valence-electron chi connectivity index (χ1n) is 4.14. The monoisotopic (exact) mass is 173 g/mol. The second-order valence-electron chi connectivity index (χ2n) is 3.14. The standard InChI is InChI=1S/C8H15NO3/c1-6-5-7(10)9(8(6)11)3-4-12-2/h6-7,10H,3-5H2,1-2H3. The van der Waals surface area contributed by atoms with Crippen molar-refractivity contribution in [2.45, 2.75) is 19.6 Å². The smallest absolute Gasteiger partial charge is 0.227 e. The van der Waals surface area contributed by atoms with Crippen LogP contribution in [0, 0.1) is 5.92 Å². The average Bonchev–Trinajstić information content (AvgIpc) is 2.25. The highest BCUT2D eigenvalue weighted by Crippen LogP contribution is 2.21. The molecule has 0 saturated carbocycles. The molecule has 0 bridgehead atoms. The number of methoxy groups -OCH3 is 1. The van der Waals surface area contributed by atoms with Gasteiger partial charge in [0.1, 0.15) is 6.23 Å². The molecule has 12 heavy (non-hydrogen) atoms. The predicted molar refractivity (Wildman–Crippen MR) is 43.4 cm³/mol. The maximum Gasteiger partial charge on any atom is 0.227 e. The lowest BCUT2D eigenvalue weighted by molar-refractivity contribution is -0.136. The summed E-state index contributed by atoms with van der Waals surface area (Å²) in [4.78, 5) is 12.8. The van der Waals surface area contributed by atoms with E-state index < -0.39 is 6.23 Å². The van der Waals surface area contributed by atoms with Crippen LogP contribution in [0.3, 0.4) is 0 Å². The van der Waals surface area contributed by atoms with E-state index in [1.54, 1.807) is 7.11 Å². The molecular formula is C8H15NO3. The summed E-state index contributed by atoms with van der Waals surface area (Å²) in [5.41, 5.74) is 0. The highest BCUT2D eigenvalue weighted by atomic mass is 16.5. The molecule has 1 amide bonds. The van der Waals surface area contributed by atoms with E-state index in [2.05, 4.69) is 0 Å². The van der Waals surface area contributed by atoms with Crippen LogP contribution >= 0.6 is 0 Å². The third kappa shape index (κ3) is 1.76. The van der Waals surface area contributed by atoms with Crippen molar-refractivity contribution < 1.29 is 14.6 Å². The molecule has 1 rings (SSSR count). The molecule has 0 aromatic rings. The van der Waals surface area contributed by atoms with Crippen molar-refractivity contribution in [2.75, 3.05) is 20.3 Å². The van der Waals surface area contributed by atoms with Crippen LogP contribution < -0.4 is 0 Å². The van der Waals surface area contributed by atoms with E-state index in [9.17, 15) is 9.90 Å². The molecule has 1 heterocycles. The number of rotatable bonds is 3. The van der Waals surface area contributed by atoms with Gasteiger partial charge in [0.15, 0.2) is 0 Å². The molecule has 1 aliphatic rings. The van der Waals surface area contributed by atoms with Crippen molar-refractivity contribution in [1.29, 1.82) is 0 Å². The van der Waals surface area contributed by atoms with Crippen molar-refractivity contribution in [1.82, 2.24) is 4.90 Å². The van der Waals surface area contributed by atoms with Gasteiger partial charge in [-0.2, -0.15) is 0 Å². The highest BCUT2D eigenvalue weighted by Gasteiger charge is 2.34. The van der Waals surface area contributed by atoms with Crippen LogP contribution in [0.5, 0.6) is 0 Å². The second kappa shape index (κ2) is 3.87. The average molecular weight is 173 g/mol. The largest absolute Gasteiger partial charge is 0.383 e. The van der Waals surface area contributed by atoms with Gasteiger partial charge in [-0.15, -0.1) is 0 Å². The maximum absolute atomic E-state index is 11.3. The lowest BCUT2D eigenvalue weighted by Crippen LogP contribution is -2.36. The Morgan fingerprint density at radius 1 is 1.75 bits per heavy atom. The molecule has 0 aliphatic carbocycles. The van der Waals surface area contributed by atoms with Crippen molar-refractivity contribution in [3.63, 3.8) is 0 Å². The molecule has 70 valence electrons. The summed E-state index contributed by atoms with van der Waals surface area (Å²) in [5.74, 6) is -0.0172. The van der Waals surface area contributed by atoms with Gasteiger partial charge < -0.3 is 14.7 Å². The van der Waals surface area contributed by atoms with Gasteiger partial charge >= 0.3 is 0 Å². The Balaban J connectivity index is 2.46. The Morgan fingerprint density at radius 3 is 2.83 bits per heavy atom. The minimum Gasteiger partial charge on any atom is -0.383 e. The molecule has 0 spiro atoms. The molecule has 0 aromatic carbocycles. The first-order valence-corrected chi connectivity index (χ1v) is 4.14. The van der Waals surface area contributed by atoms with E-state index in [1.165, 1.54) is 4.90 Å². The van der Waals surface area contributed by atoms with Crippen LogP contribution in [0.15, 0.2) is 0 Å². The SMILES string of the molecule is COCCN1C(=O)C(C)CC1O. The van der Waals surface area contributed by atoms with Crippen molar-refractivity contribution >= 4 is 5.91 Å². The summed E-state index contributed by atoms with van der Waals surface area (Å²) in [6.07, 6.45) is -0.0645. The number of likely N-dealkylation sites (tertiary alicyclic amines) is 1. The fourth-order valence-corrected chi connectivity index (χ4v) is 1.42. The van der Waals surface area contributed by atoms with Crippen LogP contribution in [-0.4, -0.2) is 42.4 Å². The summed E-state index contributed by atoms with van der Waals surface area (Å²) in [5, 5.41) is 9.41. The molecular weight excluding hydrogens is 158 g/mol. The lowest BCUT2D eigenvalue weighted by Gasteiger charge is -2.19. The molecule has 2 atom stereocenters. The van der Waals surface area contributed by atoms with Gasteiger partial charge in [0.25, 0.3) is 0 Å². The maximum atomic E-state index is 11.3. The normalized spacial score (nSPS) is 29.9. The van der Waals surface area contributed by atoms with E-state index in [0.29, 0.717) is 19.6 Å². The van der Waals surface area contributed by atoms with Gasteiger partial charge in [-0.1, -0.05) is 6.92 Å². The topological polar surface area (TPSA) is 49.8 Å². The number of carbonyl (C=O) groups excluding carboxylic acids is 1. The fraction of sp³-hybridized carbons (Fsp3) is 0.875. The number of nitrogens with zero attached hydrogens (tertiary/aromatic N) is 1. The number of aliphatic hydroxyl groups excluding tert-OH is 1. The minimum absolute atomic E-state index is 0.0274. The van der Waals surface area contributed by atoms with E-state index in [4.69, 9.17) is 4.74 Å². The van der Waals surface area contributed by atoms with E-state index in [-0.39, 0.29) is 11.8 Å². The summed E-state index contributed by atoms with van der Waals surface area (Å²) in [6.45, 7) is 2.80. The number of ether oxygens (including phenoxy) is 1. The zero-order valence-corrected chi connectivity index (χ0v) is 7.49. The highest BCUT2D eigenvalue weighted by molar-refractivity contribution is 5.80. The summed E-state index contributed by atoms with van der Waals surface area (Å²) in [6, 6.07) is 0. The molecule has 4 nitrogen and oxygen atoms in total. The molecule has 4 heteroatoms. The first kappa shape index (κ1) is 9.48. The van der Waals surface area contributed by atoms with Crippen LogP contribution in [-0.2, 0) is 9.53 Å². The second-order valence-corrected chi connectivity index (χ2v) is 3.14. The third-order valence-corrected chi connectivity index (χ3v) is 2.17. The Labute approximate surface area is 72.1 Å². The van der Waals surface area contributed by atoms with Crippen LogP contribution in [0.1, 0.15) is 13.3 Å². The lowest BCUT2D eigenvalue weighted by atomic mass is 10.1. The van der Waals surface area contributed by atoms with Crippen LogP contribution in [0.4, 0.5) is 0 Å². The Kier molecular flexibility index (Phi) is 3.05. The minimum atomic E-state index is -0.609. The first-order chi connectivity index (χ1) is 5.66. The number of hydrogen-bond acceptors (Lipinski definition) is 3. The van der Waals surface area contributed by atoms with Gasteiger partial charge in [-0.05, 0) is 0 Å². The molecule has 0 radical (unpaired) electrons. The third-order valence-electron chi connectivity index (χ3n) is 2.17. The molecule has 1 saturated heterocycles. The van der Waals surface area contributed by atoms with Crippen molar-refractivity contribution in [3.05, 3.63) is 0 Å². The Morgan fingerprint density at radius 2 is 2.42 bits per heavy atom. The zero-order valence-electron chi connectivity index (χ0n) is 7.49. The summed E-state index contributed by atoms with van der Waals surface area (Å²) in [7, 11) is 1.58. The quantitative estimate of drug-likeness (QED) is 0.644. The number of hydrogen-bond donors (Lipinski definition) is 1.